The predicted molar refractivity (Wildman–Crippen MR) is 53.9 cm³/mol. The van der Waals surface area contributed by atoms with E-state index < -0.39 is 5.97 Å². The number of hydrogen-bond donors (Lipinski definition) is 2. The molecule has 0 aromatic heterocycles. The standard InChI is InChI=1S/C9H13NO2.ClH/c1-6(2)8-7(9(11)12)4-3-5-10-8;/h3-6,8,10H,1-2H3,(H,11,12);1H. The first-order chi connectivity index (χ1) is 5.63. The number of carboxylic acid groups (broad SMARTS) is 1. The highest BCUT2D eigenvalue weighted by atomic mass is 35.5. The van der Waals surface area contributed by atoms with Crippen molar-refractivity contribution in [3.8, 4) is 0 Å². The van der Waals surface area contributed by atoms with Crippen LogP contribution in [-0.4, -0.2) is 17.1 Å². The number of allylic oxidation sites excluding steroid dienone is 2. The van der Waals surface area contributed by atoms with E-state index in [1.165, 1.54) is 0 Å². The monoisotopic (exact) mass is 203 g/mol. The summed E-state index contributed by atoms with van der Waals surface area (Å²) in [6.45, 7) is 3.99. The summed E-state index contributed by atoms with van der Waals surface area (Å²) in [5.41, 5.74) is 0.438. The van der Waals surface area contributed by atoms with E-state index in [0.29, 0.717) is 5.57 Å². The quantitative estimate of drug-likeness (QED) is 0.716. The van der Waals surface area contributed by atoms with Crippen molar-refractivity contribution in [3.63, 3.8) is 0 Å². The van der Waals surface area contributed by atoms with Crippen molar-refractivity contribution in [1.82, 2.24) is 5.32 Å². The zero-order chi connectivity index (χ0) is 9.14. The SMILES string of the molecule is CC(C)C1NC=CC=C1C(=O)O.Cl. The molecule has 0 saturated carbocycles. The molecule has 0 fully saturated rings. The smallest absolute Gasteiger partial charge is 0.333 e. The molecule has 0 aromatic carbocycles. The summed E-state index contributed by atoms with van der Waals surface area (Å²) >= 11 is 0. The summed E-state index contributed by atoms with van der Waals surface area (Å²) in [5, 5.41) is 11.8. The van der Waals surface area contributed by atoms with Gasteiger partial charge in [-0.15, -0.1) is 12.4 Å². The summed E-state index contributed by atoms with van der Waals surface area (Å²) in [5.74, 6) is -0.553. The van der Waals surface area contributed by atoms with Crippen LogP contribution in [-0.2, 0) is 4.79 Å². The summed E-state index contributed by atoms with van der Waals surface area (Å²) in [6.07, 6.45) is 5.13. The lowest BCUT2D eigenvalue weighted by molar-refractivity contribution is -0.133. The van der Waals surface area contributed by atoms with Crippen LogP contribution in [0, 0.1) is 5.92 Å². The third kappa shape index (κ3) is 2.77. The molecule has 1 unspecified atom stereocenters. The van der Waals surface area contributed by atoms with Gasteiger partial charge in [0.05, 0.1) is 11.6 Å². The molecule has 74 valence electrons. The van der Waals surface area contributed by atoms with Crippen molar-refractivity contribution in [2.45, 2.75) is 19.9 Å². The normalized spacial score (nSPS) is 20.2. The molecule has 0 amide bonds. The van der Waals surface area contributed by atoms with Gasteiger partial charge in [-0.1, -0.05) is 13.8 Å². The number of rotatable bonds is 2. The summed E-state index contributed by atoms with van der Waals surface area (Å²) in [4.78, 5) is 10.7. The van der Waals surface area contributed by atoms with Gasteiger partial charge >= 0.3 is 5.97 Å². The largest absolute Gasteiger partial charge is 0.478 e. The molecule has 1 atom stereocenters. The minimum atomic E-state index is -0.842. The molecular formula is C9H14ClNO2. The number of carboxylic acids is 1. The van der Waals surface area contributed by atoms with Crippen LogP contribution >= 0.6 is 12.4 Å². The highest BCUT2D eigenvalue weighted by Crippen LogP contribution is 2.15. The molecule has 1 rings (SSSR count). The maximum atomic E-state index is 10.7. The second kappa shape index (κ2) is 4.92. The van der Waals surface area contributed by atoms with Gasteiger partial charge in [0.15, 0.2) is 0 Å². The predicted octanol–water partition coefficient (Wildman–Crippen LogP) is 1.56. The fraction of sp³-hybridized carbons (Fsp3) is 0.444. The van der Waals surface area contributed by atoms with Gasteiger partial charge in [-0.05, 0) is 24.3 Å². The van der Waals surface area contributed by atoms with E-state index in [4.69, 9.17) is 5.11 Å². The van der Waals surface area contributed by atoms with Gasteiger partial charge in [-0.3, -0.25) is 0 Å². The highest BCUT2D eigenvalue weighted by molar-refractivity contribution is 5.88. The number of hydrogen-bond acceptors (Lipinski definition) is 2. The fourth-order valence-electron chi connectivity index (χ4n) is 1.26. The topological polar surface area (TPSA) is 49.3 Å². The Kier molecular flexibility index (Phi) is 4.56. The van der Waals surface area contributed by atoms with Crippen LogP contribution in [0.2, 0.25) is 0 Å². The van der Waals surface area contributed by atoms with Crippen LogP contribution in [0.5, 0.6) is 0 Å². The lowest BCUT2D eigenvalue weighted by atomic mass is 9.94. The van der Waals surface area contributed by atoms with E-state index in [2.05, 4.69) is 5.32 Å². The summed E-state index contributed by atoms with van der Waals surface area (Å²) in [6, 6.07) is -0.0625. The molecule has 0 saturated heterocycles. The van der Waals surface area contributed by atoms with Crippen LogP contribution in [0.15, 0.2) is 23.9 Å². The molecule has 3 nitrogen and oxygen atoms in total. The third-order valence-electron chi connectivity index (χ3n) is 1.90. The Labute approximate surface area is 83.9 Å². The molecule has 1 aliphatic rings. The highest BCUT2D eigenvalue weighted by Gasteiger charge is 2.23. The van der Waals surface area contributed by atoms with Crippen molar-refractivity contribution < 1.29 is 9.90 Å². The Bertz CT molecular complexity index is 246. The molecule has 0 bridgehead atoms. The van der Waals surface area contributed by atoms with E-state index in [0.717, 1.165) is 0 Å². The number of dihydropyridines is 1. The van der Waals surface area contributed by atoms with Gasteiger partial charge in [-0.25, -0.2) is 4.79 Å². The van der Waals surface area contributed by atoms with Crippen molar-refractivity contribution in [1.29, 1.82) is 0 Å². The Morgan fingerprint density at radius 2 is 2.23 bits per heavy atom. The molecule has 0 radical (unpaired) electrons. The Balaban J connectivity index is 0.00000144. The lowest BCUT2D eigenvalue weighted by Crippen LogP contribution is -2.36. The Morgan fingerprint density at radius 3 is 2.62 bits per heavy atom. The lowest BCUT2D eigenvalue weighted by Gasteiger charge is -2.23. The number of carbonyl (C=O) groups is 1. The molecular weight excluding hydrogens is 190 g/mol. The van der Waals surface area contributed by atoms with Crippen molar-refractivity contribution in [3.05, 3.63) is 23.9 Å². The zero-order valence-electron chi connectivity index (χ0n) is 7.65. The molecule has 0 spiro atoms. The van der Waals surface area contributed by atoms with Crippen LogP contribution in [0.25, 0.3) is 0 Å². The van der Waals surface area contributed by atoms with E-state index in [1.807, 2.05) is 13.8 Å². The average Bonchev–Trinajstić information content (AvgIpc) is 2.04. The first-order valence-electron chi connectivity index (χ1n) is 3.99. The van der Waals surface area contributed by atoms with Crippen molar-refractivity contribution in [2.24, 2.45) is 5.92 Å². The second-order valence-corrected chi connectivity index (χ2v) is 3.17. The first-order valence-corrected chi connectivity index (χ1v) is 3.99. The third-order valence-corrected chi connectivity index (χ3v) is 1.90. The van der Waals surface area contributed by atoms with Gasteiger partial charge in [0.1, 0.15) is 0 Å². The van der Waals surface area contributed by atoms with Gasteiger partial charge < -0.3 is 10.4 Å². The first kappa shape index (κ1) is 12.0. The summed E-state index contributed by atoms with van der Waals surface area (Å²) in [7, 11) is 0. The molecule has 13 heavy (non-hydrogen) atoms. The van der Waals surface area contributed by atoms with E-state index >= 15 is 0 Å². The number of halogens is 1. The molecule has 4 heteroatoms. The molecule has 1 heterocycles. The molecule has 1 aliphatic heterocycles. The molecule has 0 aliphatic carbocycles. The molecule has 2 N–H and O–H groups in total. The van der Waals surface area contributed by atoms with Crippen LogP contribution in [0.3, 0.4) is 0 Å². The van der Waals surface area contributed by atoms with Crippen LogP contribution < -0.4 is 5.32 Å². The second-order valence-electron chi connectivity index (χ2n) is 3.17. The number of nitrogens with one attached hydrogen (secondary N) is 1. The van der Waals surface area contributed by atoms with Gasteiger partial charge in [-0.2, -0.15) is 0 Å². The maximum Gasteiger partial charge on any atom is 0.333 e. The summed E-state index contributed by atoms with van der Waals surface area (Å²) < 4.78 is 0. The molecule has 0 aromatic rings. The minimum Gasteiger partial charge on any atom is -0.478 e. The minimum absolute atomic E-state index is 0. The average molecular weight is 204 g/mol. The van der Waals surface area contributed by atoms with Gasteiger partial charge in [0.2, 0.25) is 0 Å². The van der Waals surface area contributed by atoms with Crippen LogP contribution in [0.1, 0.15) is 13.8 Å². The van der Waals surface area contributed by atoms with E-state index in [1.54, 1.807) is 18.4 Å². The van der Waals surface area contributed by atoms with E-state index in [9.17, 15) is 4.79 Å². The van der Waals surface area contributed by atoms with Crippen molar-refractivity contribution >= 4 is 18.4 Å². The van der Waals surface area contributed by atoms with E-state index in [-0.39, 0.29) is 24.4 Å². The zero-order valence-corrected chi connectivity index (χ0v) is 8.47. The van der Waals surface area contributed by atoms with Gasteiger partial charge in [0, 0.05) is 0 Å². The maximum absolute atomic E-state index is 10.7. The Hall–Kier alpha value is -0.960. The fourth-order valence-corrected chi connectivity index (χ4v) is 1.26. The van der Waals surface area contributed by atoms with Crippen LogP contribution in [0.4, 0.5) is 0 Å². The Morgan fingerprint density at radius 1 is 1.62 bits per heavy atom. The van der Waals surface area contributed by atoms with Gasteiger partial charge in [0.25, 0.3) is 0 Å². The number of aliphatic carboxylic acids is 1. The van der Waals surface area contributed by atoms with Crippen molar-refractivity contribution in [2.75, 3.05) is 0 Å².